The maximum atomic E-state index is 12.8. The van der Waals surface area contributed by atoms with Crippen LogP contribution in [0.1, 0.15) is 213 Å². The standard InChI is InChI=1S/C50H91NO7/c1-6-8-10-12-14-16-18-20-21-22-23-24-25-26-27-28-29-31-33-35-37-39-41-49(53)58-46(44-56-43-42-47(50(54)55)51(3,4)5)45-57-48(52)40-38-36-34-32-30-19-17-15-13-11-9-7-2/h9,11,15,17,30,32,46-47H,6-8,10,12-14,16,18-29,31,33-45H2,1-5H3/p+1/b11-9+,17-15+,32-30+. The van der Waals surface area contributed by atoms with Crippen LogP contribution in [0.5, 0.6) is 0 Å². The minimum Gasteiger partial charge on any atom is -0.477 e. The average molecular weight is 819 g/mol. The van der Waals surface area contributed by atoms with Crippen molar-refractivity contribution in [2.75, 3.05) is 41.0 Å². The van der Waals surface area contributed by atoms with Gasteiger partial charge in [-0.1, -0.05) is 185 Å². The topological polar surface area (TPSA) is 99.1 Å². The normalized spacial score (nSPS) is 13.2. The number of esters is 2. The lowest BCUT2D eigenvalue weighted by molar-refractivity contribution is -0.887. The number of carbonyl (C=O) groups is 3. The summed E-state index contributed by atoms with van der Waals surface area (Å²) in [5.74, 6) is -1.51. The molecule has 1 N–H and O–H groups in total. The number of likely N-dealkylation sites (N-methyl/N-ethyl adjacent to an activating group) is 1. The highest BCUT2D eigenvalue weighted by Gasteiger charge is 2.31. The number of aliphatic carboxylic acids is 1. The van der Waals surface area contributed by atoms with Crippen LogP contribution in [0.25, 0.3) is 0 Å². The van der Waals surface area contributed by atoms with Crippen molar-refractivity contribution in [1.29, 1.82) is 0 Å². The fourth-order valence-corrected chi connectivity index (χ4v) is 7.11. The van der Waals surface area contributed by atoms with Gasteiger partial charge in [-0.15, -0.1) is 0 Å². The molecule has 58 heavy (non-hydrogen) atoms. The molecule has 8 heteroatoms. The predicted molar refractivity (Wildman–Crippen MR) is 243 cm³/mol. The van der Waals surface area contributed by atoms with E-state index in [1.807, 2.05) is 21.1 Å². The molecule has 0 spiro atoms. The monoisotopic (exact) mass is 819 g/mol. The van der Waals surface area contributed by atoms with Crippen LogP contribution in [-0.4, -0.2) is 80.6 Å². The molecule has 0 aliphatic carbocycles. The molecule has 0 heterocycles. The van der Waals surface area contributed by atoms with Crippen LogP contribution < -0.4 is 0 Å². The fourth-order valence-electron chi connectivity index (χ4n) is 7.11. The molecule has 0 rings (SSSR count). The third-order valence-corrected chi connectivity index (χ3v) is 10.8. The summed E-state index contributed by atoms with van der Waals surface area (Å²) >= 11 is 0. The Hall–Kier alpha value is -2.45. The van der Waals surface area contributed by atoms with Crippen LogP contribution >= 0.6 is 0 Å². The molecule has 0 radical (unpaired) electrons. The lowest BCUT2D eigenvalue weighted by Gasteiger charge is -2.31. The molecule has 0 aliphatic heterocycles. The second-order valence-electron chi connectivity index (χ2n) is 17.3. The van der Waals surface area contributed by atoms with Gasteiger partial charge >= 0.3 is 17.9 Å². The van der Waals surface area contributed by atoms with Gasteiger partial charge in [-0.05, 0) is 44.9 Å². The molecular weight excluding hydrogens is 727 g/mol. The number of hydrogen-bond acceptors (Lipinski definition) is 6. The van der Waals surface area contributed by atoms with E-state index in [0.717, 1.165) is 57.8 Å². The Kier molecular flexibility index (Phi) is 39.5. The summed E-state index contributed by atoms with van der Waals surface area (Å²) in [6.07, 6.45) is 47.8. The number of nitrogens with zero attached hydrogens (tertiary/aromatic N) is 1. The van der Waals surface area contributed by atoms with E-state index in [4.69, 9.17) is 14.2 Å². The number of unbranched alkanes of at least 4 members (excludes halogenated alkanes) is 23. The van der Waals surface area contributed by atoms with Crippen molar-refractivity contribution in [3.8, 4) is 0 Å². The van der Waals surface area contributed by atoms with Crippen LogP contribution in [0, 0.1) is 0 Å². The number of allylic oxidation sites excluding steroid dienone is 6. The van der Waals surface area contributed by atoms with E-state index in [1.54, 1.807) is 0 Å². The molecule has 0 saturated carbocycles. The van der Waals surface area contributed by atoms with Gasteiger partial charge in [0.1, 0.15) is 6.61 Å². The van der Waals surface area contributed by atoms with Crippen molar-refractivity contribution < 1.29 is 38.2 Å². The largest absolute Gasteiger partial charge is 0.477 e. The maximum Gasteiger partial charge on any atom is 0.362 e. The zero-order valence-corrected chi connectivity index (χ0v) is 38.5. The van der Waals surface area contributed by atoms with Crippen LogP contribution in [-0.2, 0) is 28.6 Å². The molecule has 338 valence electrons. The van der Waals surface area contributed by atoms with Gasteiger partial charge in [0.15, 0.2) is 12.1 Å². The van der Waals surface area contributed by atoms with Gasteiger partial charge in [0.05, 0.1) is 34.4 Å². The Bertz CT molecular complexity index is 1050. The molecule has 2 unspecified atom stereocenters. The first-order chi connectivity index (χ1) is 28.1. The van der Waals surface area contributed by atoms with Crippen LogP contribution in [0.4, 0.5) is 0 Å². The average Bonchev–Trinajstić information content (AvgIpc) is 3.18. The Morgan fingerprint density at radius 3 is 1.43 bits per heavy atom. The van der Waals surface area contributed by atoms with Crippen molar-refractivity contribution in [3.63, 3.8) is 0 Å². The molecule has 0 fully saturated rings. The minimum absolute atomic E-state index is 0.0516. The zero-order valence-electron chi connectivity index (χ0n) is 38.5. The molecule has 0 aliphatic rings. The maximum absolute atomic E-state index is 12.8. The Balaban J connectivity index is 4.22. The second-order valence-corrected chi connectivity index (χ2v) is 17.3. The van der Waals surface area contributed by atoms with Crippen molar-refractivity contribution >= 4 is 17.9 Å². The summed E-state index contributed by atoms with van der Waals surface area (Å²) in [5, 5.41) is 9.63. The first-order valence-electron chi connectivity index (χ1n) is 24.0. The summed E-state index contributed by atoms with van der Waals surface area (Å²) in [6.45, 7) is 4.60. The lowest BCUT2D eigenvalue weighted by Crippen LogP contribution is -2.50. The van der Waals surface area contributed by atoms with E-state index in [1.165, 1.54) is 122 Å². The highest BCUT2D eigenvalue weighted by Crippen LogP contribution is 2.16. The number of ether oxygens (including phenoxy) is 3. The number of quaternary nitrogens is 1. The number of hydrogen-bond donors (Lipinski definition) is 1. The highest BCUT2D eigenvalue weighted by atomic mass is 16.6. The smallest absolute Gasteiger partial charge is 0.362 e. The van der Waals surface area contributed by atoms with E-state index in [9.17, 15) is 19.5 Å². The van der Waals surface area contributed by atoms with Gasteiger partial charge < -0.3 is 23.8 Å². The quantitative estimate of drug-likeness (QED) is 0.0283. The summed E-state index contributed by atoms with van der Waals surface area (Å²) in [5.41, 5.74) is 0. The van der Waals surface area contributed by atoms with Crippen molar-refractivity contribution in [2.45, 2.75) is 225 Å². The van der Waals surface area contributed by atoms with Gasteiger partial charge in [0, 0.05) is 19.3 Å². The summed E-state index contributed by atoms with van der Waals surface area (Å²) < 4.78 is 17.3. The number of carboxylic acids is 1. The predicted octanol–water partition coefficient (Wildman–Crippen LogP) is 13.4. The second kappa shape index (κ2) is 41.3. The molecule has 0 amide bonds. The van der Waals surface area contributed by atoms with Crippen LogP contribution in [0.2, 0.25) is 0 Å². The first-order valence-corrected chi connectivity index (χ1v) is 24.0. The number of carbonyl (C=O) groups excluding carboxylic acids is 2. The third kappa shape index (κ3) is 39.0. The molecule has 2 atom stereocenters. The van der Waals surface area contributed by atoms with Crippen LogP contribution in [0.3, 0.4) is 0 Å². The Morgan fingerprint density at radius 1 is 0.534 bits per heavy atom. The van der Waals surface area contributed by atoms with Gasteiger partial charge in [-0.2, -0.15) is 0 Å². The van der Waals surface area contributed by atoms with E-state index in [-0.39, 0.29) is 36.2 Å². The SMILES string of the molecule is CC/C=C/C/C=C/C/C=C/CCCCC(=O)OCC(COCCC(C(=O)O)[N+](C)(C)C)OC(=O)CCCCCCCCCCCCCCCCCCCCCCCC. The van der Waals surface area contributed by atoms with Gasteiger partial charge in [0.25, 0.3) is 0 Å². The van der Waals surface area contributed by atoms with Gasteiger partial charge in [-0.25, -0.2) is 4.79 Å². The van der Waals surface area contributed by atoms with E-state index < -0.39 is 18.1 Å². The Morgan fingerprint density at radius 2 is 0.966 bits per heavy atom. The van der Waals surface area contributed by atoms with Gasteiger partial charge in [-0.3, -0.25) is 9.59 Å². The fraction of sp³-hybridized carbons (Fsp3) is 0.820. The molecule has 0 aromatic carbocycles. The van der Waals surface area contributed by atoms with Crippen molar-refractivity contribution in [3.05, 3.63) is 36.5 Å². The molecule has 0 saturated heterocycles. The summed E-state index contributed by atoms with van der Waals surface area (Å²) in [4.78, 5) is 37.0. The van der Waals surface area contributed by atoms with Crippen LogP contribution in [0.15, 0.2) is 36.5 Å². The van der Waals surface area contributed by atoms with Crippen molar-refractivity contribution in [1.82, 2.24) is 0 Å². The zero-order chi connectivity index (χ0) is 42.8. The molecule has 0 bridgehead atoms. The van der Waals surface area contributed by atoms with E-state index >= 15 is 0 Å². The summed E-state index contributed by atoms with van der Waals surface area (Å²) in [7, 11) is 5.52. The highest BCUT2D eigenvalue weighted by molar-refractivity contribution is 5.72. The van der Waals surface area contributed by atoms with E-state index in [2.05, 4.69) is 50.3 Å². The molecule has 0 aromatic rings. The molecule has 8 nitrogen and oxygen atoms in total. The molecule has 0 aromatic heterocycles. The minimum atomic E-state index is -0.879. The number of carboxylic acid groups (broad SMARTS) is 1. The van der Waals surface area contributed by atoms with Crippen molar-refractivity contribution in [2.24, 2.45) is 0 Å². The Labute approximate surface area is 357 Å². The lowest BCUT2D eigenvalue weighted by atomic mass is 10.0. The van der Waals surface area contributed by atoms with E-state index in [0.29, 0.717) is 19.3 Å². The van der Waals surface area contributed by atoms with Gasteiger partial charge in [0.2, 0.25) is 0 Å². The summed E-state index contributed by atoms with van der Waals surface area (Å²) in [6, 6.07) is -0.618. The number of rotatable bonds is 43. The molecular formula is C50H92NO7+. The first kappa shape index (κ1) is 55.5. The third-order valence-electron chi connectivity index (χ3n) is 10.8.